The van der Waals surface area contributed by atoms with Gasteiger partial charge in [-0.3, -0.25) is 4.79 Å². The van der Waals surface area contributed by atoms with Gasteiger partial charge in [0, 0.05) is 16.3 Å². The van der Waals surface area contributed by atoms with Crippen molar-refractivity contribution in [2.45, 2.75) is 13.0 Å². The number of fused-ring (bicyclic) bond motifs is 1. The molecule has 0 aliphatic rings. The topological polar surface area (TPSA) is 29.1 Å². The number of halogens is 1. The van der Waals surface area contributed by atoms with Crippen LogP contribution < -0.4 is 5.32 Å². The van der Waals surface area contributed by atoms with Gasteiger partial charge in [0.25, 0.3) is 0 Å². The van der Waals surface area contributed by atoms with Crippen molar-refractivity contribution in [3.8, 4) is 0 Å². The highest BCUT2D eigenvalue weighted by atomic mass is 35.5. The molecule has 0 fully saturated rings. The van der Waals surface area contributed by atoms with E-state index in [1.165, 1.54) is 10.1 Å². The first-order valence-electron chi connectivity index (χ1n) is 6.68. The fraction of sp³-hybridized carbons (Fsp3) is 0.118. The molecule has 0 atom stereocenters. The summed E-state index contributed by atoms with van der Waals surface area (Å²) in [6, 6.07) is 15.7. The third kappa shape index (κ3) is 3.43. The van der Waals surface area contributed by atoms with Gasteiger partial charge >= 0.3 is 0 Å². The molecule has 0 radical (unpaired) electrons. The SMILES string of the molecule is O=C(Cc1csc2ccccc12)NCc1ccc(Cl)cc1. The first kappa shape index (κ1) is 14.1. The van der Waals surface area contributed by atoms with Crippen molar-refractivity contribution in [2.24, 2.45) is 0 Å². The molecule has 4 heteroatoms. The highest BCUT2D eigenvalue weighted by Gasteiger charge is 2.08. The largest absolute Gasteiger partial charge is 0.352 e. The molecule has 0 bridgehead atoms. The molecule has 21 heavy (non-hydrogen) atoms. The molecular formula is C17H14ClNOS. The number of amides is 1. The minimum atomic E-state index is 0.0357. The van der Waals surface area contributed by atoms with Crippen LogP contribution in [0, 0.1) is 0 Å². The standard InChI is InChI=1S/C17H14ClNOS/c18-14-7-5-12(6-8-14)10-19-17(20)9-13-11-21-16-4-2-1-3-15(13)16/h1-8,11H,9-10H2,(H,19,20). The Bertz CT molecular complexity index is 764. The van der Waals surface area contributed by atoms with Crippen LogP contribution in [0.3, 0.4) is 0 Å². The van der Waals surface area contributed by atoms with Crippen molar-refractivity contribution >= 4 is 38.9 Å². The third-order valence-electron chi connectivity index (χ3n) is 3.32. The highest BCUT2D eigenvalue weighted by Crippen LogP contribution is 2.25. The molecule has 0 spiro atoms. The molecule has 106 valence electrons. The van der Waals surface area contributed by atoms with E-state index in [1.54, 1.807) is 11.3 Å². The molecule has 2 nitrogen and oxygen atoms in total. The Kier molecular flexibility index (Phi) is 4.23. The first-order chi connectivity index (χ1) is 10.2. The molecule has 1 N–H and O–H groups in total. The van der Waals surface area contributed by atoms with E-state index >= 15 is 0 Å². The first-order valence-corrected chi connectivity index (χ1v) is 7.94. The van der Waals surface area contributed by atoms with E-state index in [2.05, 4.69) is 22.8 Å². The van der Waals surface area contributed by atoms with Crippen molar-refractivity contribution in [3.63, 3.8) is 0 Å². The van der Waals surface area contributed by atoms with Crippen LogP contribution in [-0.4, -0.2) is 5.91 Å². The van der Waals surface area contributed by atoms with Crippen LogP contribution in [0.25, 0.3) is 10.1 Å². The number of carbonyl (C=O) groups is 1. The van der Waals surface area contributed by atoms with Gasteiger partial charge in [-0.1, -0.05) is 41.9 Å². The number of thiophene rings is 1. The van der Waals surface area contributed by atoms with Gasteiger partial charge in [0.2, 0.25) is 5.91 Å². The van der Waals surface area contributed by atoms with E-state index in [4.69, 9.17) is 11.6 Å². The maximum atomic E-state index is 12.1. The molecule has 0 saturated heterocycles. The lowest BCUT2D eigenvalue weighted by molar-refractivity contribution is -0.120. The Morgan fingerprint density at radius 1 is 1.10 bits per heavy atom. The number of nitrogens with one attached hydrogen (secondary N) is 1. The molecule has 3 aromatic rings. The molecular weight excluding hydrogens is 302 g/mol. The maximum Gasteiger partial charge on any atom is 0.224 e. The second-order valence-electron chi connectivity index (χ2n) is 4.84. The molecule has 0 aliphatic heterocycles. The maximum absolute atomic E-state index is 12.1. The van der Waals surface area contributed by atoms with Crippen LogP contribution >= 0.6 is 22.9 Å². The Hall–Kier alpha value is -1.84. The van der Waals surface area contributed by atoms with E-state index in [1.807, 2.05) is 36.4 Å². The summed E-state index contributed by atoms with van der Waals surface area (Å²) in [6.45, 7) is 0.526. The molecule has 1 aromatic heterocycles. The zero-order valence-corrected chi connectivity index (χ0v) is 12.9. The summed E-state index contributed by atoms with van der Waals surface area (Å²) in [7, 11) is 0. The molecule has 1 heterocycles. The van der Waals surface area contributed by atoms with Crippen molar-refractivity contribution < 1.29 is 4.79 Å². The van der Waals surface area contributed by atoms with Crippen LogP contribution in [0.15, 0.2) is 53.9 Å². The summed E-state index contributed by atoms with van der Waals surface area (Å²) in [6.07, 6.45) is 0.414. The lowest BCUT2D eigenvalue weighted by atomic mass is 10.1. The molecule has 0 unspecified atom stereocenters. The van der Waals surface area contributed by atoms with Gasteiger partial charge in [-0.2, -0.15) is 0 Å². The minimum Gasteiger partial charge on any atom is -0.352 e. The number of carbonyl (C=O) groups excluding carboxylic acids is 1. The number of benzene rings is 2. The van der Waals surface area contributed by atoms with E-state index in [0.717, 1.165) is 11.1 Å². The predicted octanol–water partition coefficient (Wildman–Crippen LogP) is 4.41. The average Bonchev–Trinajstić information content (AvgIpc) is 2.90. The predicted molar refractivity (Wildman–Crippen MR) is 88.8 cm³/mol. The lowest BCUT2D eigenvalue weighted by Crippen LogP contribution is -2.24. The summed E-state index contributed by atoms with van der Waals surface area (Å²) in [5.41, 5.74) is 2.13. The van der Waals surface area contributed by atoms with Crippen LogP contribution in [-0.2, 0) is 17.8 Å². The highest BCUT2D eigenvalue weighted by molar-refractivity contribution is 7.17. The normalized spacial score (nSPS) is 10.7. The Morgan fingerprint density at radius 3 is 2.67 bits per heavy atom. The van der Waals surface area contributed by atoms with Crippen molar-refractivity contribution in [1.29, 1.82) is 0 Å². The van der Waals surface area contributed by atoms with Crippen molar-refractivity contribution in [1.82, 2.24) is 5.32 Å². The van der Waals surface area contributed by atoms with Crippen LogP contribution in [0.5, 0.6) is 0 Å². The molecule has 0 aliphatic carbocycles. The van der Waals surface area contributed by atoms with Crippen LogP contribution in [0.2, 0.25) is 5.02 Å². The van der Waals surface area contributed by atoms with Crippen molar-refractivity contribution in [2.75, 3.05) is 0 Å². The fourth-order valence-electron chi connectivity index (χ4n) is 2.21. The second kappa shape index (κ2) is 6.29. The molecule has 0 saturated carbocycles. The Balaban J connectivity index is 1.62. The van der Waals surface area contributed by atoms with Crippen LogP contribution in [0.1, 0.15) is 11.1 Å². The summed E-state index contributed by atoms with van der Waals surface area (Å²) in [5.74, 6) is 0.0357. The average molecular weight is 316 g/mol. The summed E-state index contributed by atoms with van der Waals surface area (Å²) >= 11 is 7.52. The van der Waals surface area contributed by atoms with E-state index in [9.17, 15) is 4.79 Å². The smallest absolute Gasteiger partial charge is 0.224 e. The zero-order valence-electron chi connectivity index (χ0n) is 11.3. The van der Waals surface area contributed by atoms with Gasteiger partial charge in [-0.05, 0) is 40.1 Å². The van der Waals surface area contributed by atoms with Gasteiger partial charge in [0.05, 0.1) is 6.42 Å². The van der Waals surface area contributed by atoms with Gasteiger partial charge in [0.1, 0.15) is 0 Å². The summed E-state index contributed by atoms with van der Waals surface area (Å²) in [4.78, 5) is 12.1. The van der Waals surface area contributed by atoms with E-state index in [-0.39, 0.29) is 5.91 Å². The zero-order chi connectivity index (χ0) is 14.7. The lowest BCUT2D eigenvalue weighted by Gasteiger charge is -2.05. The second-order valence-corrected chi connectivity index (χ2v) is 6.18. The number of hydrogen-bond acceptors (Lipinski definition) is 2. The molecule has 3 rings (SSSR count). The van der Waals surface area contributed by atoms with Crippen LogP contribution in [0.4, 0.5) is 0 Å². The third-order valence-corrected chi connectivity index (χ3v) is 4.58. The molecule has 1 amide bonds. The Labute approximate surface area is 132 Å². The van der Waals surface area contributed by atoms with E-state index in [0.29, 0.717) is 18.0 Å². The quantitative estimate of drug-likeness (QED) is 0.759. The van der Waals surface area contributed by atoms with Gasteiger partial charge in [0.15, 0.2) is 0 Å². The fourth-order valence-corrected chi connectivity index (χ4v) is 3.30. The van der Waals surface area contributed by atoms with Gasteiger partial charge in [-0.25, -0.2) is 0 Å². The monoisotopic (exact) mass is 315 g/mol. The van der Waals surface area contributed by atoms with Gasteiger partial charge in [-0.15, -0.1) is 11.3 Å². The van der Waals surface area contributed by atoms with E-state index < -0.39 is 0 Å². The Morgan fingerprint density at radius 2 is 1.86 bits per heavy atom. The number of hydrogen-bond donors (Lipinski definition) is 1. The minimum absolute atomic E-state index is 0.0357. The summed E-state index contributed by atoms with van der Waals surface area (Å²) < 4.78 is 1.22. The molecule has 2 aromatic carbocycles. The van der Waals surface area contributed by atoms with Gasteiger partial charge < -0.3 is 5.32 Å². The summed E-state index contributed by atoms with van der Waals surface area (Å²) in [5, 5.41) is 6.88. The number of rotatable bonds is 4. The van der Waals surface area contributed by atoms with Crippen molar-refractivity contribution in [3.05, 3.63) is 70.1 Å².